The van der Waals surface area contributed by atoms with E-state index in [0.29, 0.717) is 70.6 Å². The van der Waals surface area contributed by atoms with E-state index in [-0.39, 0.29) is 18.2 Å². The van der Waals surface area contributed by atoms with Gasteiger partial charge in [-0.3, -0.25) is 4.90 Å². The normalized spacial score (nSPS) is 20.3. The highest BCUT2D eigenvalue weighted by molar-refractivity contribution is 7.88. The van der Waals surface area contributed by atoms with Crippen LogP contribution in [0.5, 0.6) is 5.75 Å². The summed E-state index contributed by atoms with van der Waals surface area (Å²) in [6, 6.07) is 3.69. The van der Waals surface area contributed by atoms with Gasteiger partial charge in [-0.25, -0.2) is 23.1 Å². The zero-order valence-corrected chi connectivity index (χ0v) is 22.0. The number of nitriles is 1. The van der Waals surface area contributed by atoms with Gasteiger partial charge in [0, 0.05) is 43.3 Å². The Morgan fingerprint density at radius 3 is 2.69 bits per heavy atom. The Morgan fingerprint density at radius 2 is 2.03 bits per heavy atom. The van der Waals surface area contributed by atoms with Crippen LogP contribution in [0, 0.1) is 18.3 Å². The monoisotopic (exact) mass is 530 g/mol. The fraction of sp³-hybridized carbons (Fsp3) is 0.478. The smallest absolute Gasteiger partial charge is 0.211 e. The SMILES string of the molecule is Cc1nn(C(C)c2cc(Cl)c(C#N)c3c2O[C@@H](C)CN(C2CN(S(C)(=O)=O)C2)C3)c2ncnc(N)c12. The molecule has 13 heteroatoms. The van der Waals surface area contributed by atoms with Gasteiger partial charge in [-0.05, 0) is 26.8 Å². The van der Waals surface area contributed by atoms with E-state index >= 15 is 0 Å². The van der Waals surface area contributed by atoms with E-state index in [4.69, 9.17) is 22.1 Å². The van der Waals surface area contributed by atoms with Crippen LogP contribution in [-0.2, 0) is 16.6 Å². The Morgan fingerprint density at radius 1 is 1.31 bits per heavy atom. The molecule has 0 saturated carbocycles. The Labute approximate surface area is 214 Å². The van der Waals surface area contributed by atoms with Crippen molar-refractivity contribution in [3.63, 3.8) is 0 Å². The summed E-state index contributed by atoms with van der Waals surface area (Å²) in [6.07, 6.45) is 2.42. The summed E-state index contributed by atoms with van der Waals surface area (Å²) in [5, 5.41) is 15.7. The van der Waals surface area contributed by atoms with Gasteiger partial charge in [0.1, 0.15) is 30.1 Å². The van der Waals surface area contributed by atoms with Crippen molar-refractivity contribution in [2.45, 2.75) is 45.5 Å². The predicted octanol–water partition coefficient (Wildman–Crippen LogP) is 2.08. The number of nitrogens with zero attached hydrogens (tertiary/aromatic N) is 7. The van der Waals surface area contributed by atoms with Gasteiger partial charge >= 0.3 is 0 Å². The van der Waals surface area contributed by atoms with Gasteiger partial charge in [0.2, 0.25) is 10.0 Å². The number of halogens is 1. The van der Waals surface area contributed by atoms with Gasteiger partial charge < -0.3 is 10.5 Å². The van der Waals surface area contributed by atoms with Crippen molar-refractivity contribution in [1.82, 2.24) is 29.0 Å². The molecule has 0 aliphatic carbocycles. The molecule has 36 heavy (non-hydrogen) atoms. The third kappa shape index (κ3) is 4.06. The number of ether oxygens (including phenoxy) is 1. The van der Waals surface area contributed by atoms with Gasteiger partial charge in [0.05, 0.1) is 34.0 Å². The second kappa shape index (κ2) is 8.85. The average Bonchev–Trinajstić information content (AvgIpc) is 3.00. The number of aryl methyl sites for hydroxylation is 1. The molecule has 0 bridgehead atoms. The molecule has 1 fully saturated rings. The van der Waals surface area contributed by atoms with Crippen LogP contribution in [0.1, 0.15) is 42.3 Å². The van der Waals surface area contributed by atoms with Crippen LogP contribution in [0.4, 0.5) is 5.82 Å². The number of anilines is 1. The minimum absolute atomic E-state index is 0.0282. The number of hydrogen-bond donors (Lipinski definition) is 1. The zero-order valence-electron chi connectivity index (χ0n) is 20.4. The summed E-state index contributed by atoms with van der Waals surface area (Å²) in [7, 11) is -3.24. The fourth-order valence-electron chi connectivity index (χ4n) is 5.03. The van der Waals surface area contributed by atoms with Crippen molar-refractivity contribution in [3.8, 4) is 11.8 Å². The lowest BCUT2D eigenvalue weighted by molar-refractivity contribution is 0.0589. The van der Waals surface area contributed by atoms with E-state index in [1.807, 2.05) is 20.8 Å². The highest BCUT2D eigenvalue weighted by Gasteiger charge is 2.40. The number of benzene rings is 1. The molecule has 0 amide bonds. The summed E-state index contributed by atoms with van der Waals surface area (Å²) in [4.78, 5) is 10.7. The van der Waals surface area contributed by atoms with Crippen molar-refractivity contribution in [2.75, 3.05) is 31.6 Å². The standard InChI is InChI=1S/C23H27ClN8O3S/c1-12-7-30(15-8-31(9-15)36(4,33)34)10-18-17(6-25)19(24)5-16(21(18)35-12)14(3)32-23-20(13(2)29-32)22(26)27-11-28-23/h5,11-12,14-15H,7-10H2,1-4H3,(H2,26,27,28)/t12-,14?/m0/s1. The number of fused-ring (bicyclic) bond motifs is 2. The molecule has 2 atom stereocenters. The number of nitrogens with two attached hydrogens (primary N) is 1. The minimum atomic E-state index is -3.24. The first kappa shape index (κ1) is 24.7. The highest BCUT2D eigenvalue weighted by Crippen LogP contribution is 2.41. The largest absolute Gasteiger partial charge is 0.489 e. The van der Waals surface area contributed by atoms with Crippen molar-refractivity contribution in [1.29, 1.82) is 5.26 Å². The fourth-order valence-corrected chi connectivity index (χ4v) is 6.19. The van der Waals surface area contributed by atoms with Gasteiger partial charge in [0.15, 0.2) is 5.65 Å². The maximum atomic E-state index is 11.9. The lowest BCUT2D eigenvalue weighted by Crippen LogP contribution is -2.61. The molecule has 1 unspecified atom stereocenters. The predicted molar refractivity (Wildman–Crippen MR) is 135 cm³/mol. The van der Waals surface area contributed by atoms with Crippen molar-refractivity contribution < 1.29 is 13.2 Å². The molecule has 4 heterocycles. The van der Waals surface area contributed by atoms with Crippen LogP contribution in [0.3, 0.4) is 0 Å². The molecule has 1 saturated heterocycles. The van der Waals surface area contributed by atoms with E-state index in [2.05, 4.69) is 26.0 Å². The maximum absolute atomic E-state index is 11.9. The van der Waals surface area contributed by atoms with E-state index in [1.54, 1.807) is 10.7 Å². The van der Waals surface area contributed by atoms with Crippen molar-refractivity contribution in [2.24, 2.45) is 0 Å². The molecule has 2 aliphatic rings. The summed E-state index contributed by atoms with van der Waals surface area (Å²) in [5.41, 5.74) is 9.21. The molecule has 0 radical (unpaired) electrons. The molecule has 11 nitrogen and oxygen atoms in total. The van der Waals surface area contributed by atoms with Crippen LogP contribution in [0.25, 0.3) is 11.0 Å². The van der Waals surface area contributed by atoms with Gasteiger partial charge in [-0.15, -0.1) is 0 Å². The molecule has 0 spiro atoms. The molecular weight excluding hydrogens is 504 g/mol. The molecule has 3 aromatic rings. The Hall–Kier alpha value is -2.98. The second-order valence-electron chi connectivity index (χ2n) is 9.50. The average molecular weight is 531 g/mol. The second-order valence-corrected chi connectivity index (χ2v) is 11.9. The molecule has 2 N–H and O–H groups in total. The Kier molecular flexibility index (Phi) is 6.07. The summed E-state index contributed by atoms with van der Waals surface area (Å²) >= 11 is 6.64. The summed E-state index contributed by atoms with van der Waals surface area (Å²) in [5.74, 6) is 0.956. The van der Waals surface area contributed by atoms with Crippen LogP contribution in [0.2, 0.25) is 5.02 Å². The van der Waals surface area contributed by atoms with Crippen molar-refractivity contribution >= 4 is 38.5 Å². The summed E-state index contributed by atoms with van der Waals surface area (Å²) in [6.45, 7) is 7.60. The van der Waals surface area contributed by atoms with Crippen LogP contribution in [-0.4, -0.2) is 75.4 Å². The van der Waals surface area contributed by atoms with E-state index in [0.717, 1.165) is 5.56 Å². The van der Waals surface area contributed by atoms with E-state index in [1.165, 1.54) is 16.9 Å². The van der Waals surface area contributed by atoms with E-state index in [9.17, 15) is 13.7 Å². The maximum Gasteiger partial charge on any atom is 0.211 e. The molecule has 2 aliphatic heterocycles. The topological polar surface area (TPSA) is 143 Å². The first-order valence-corrected chi connectivity index (χ1v) is 13.8. The molecule has 2 aromatic heterocycles. The lowest BCUT2D eigenvalue weighted by atomic mass is 9.97. The Balaban J connectivity index is 1.58. The number of aromatic nitrogens is 4. The van der Waals surface area contributed by atoms with Crippen LogP contribution < -0.4 is 10.5 Å². The number of nitrogen functional groups attached to an aromatic ring is 1. The van der Waals surface area contributed by atoms with Gasteiger partial charge in [0.25, 0.3) is 0 Å². The Bertz CT molecular complexity index is 1510. The number of hydrogen-bond acceptors (Lipinski definition) is 9. The van der Waals surface area contributed by atoms with Gasteiger partial charge in [-0.1, -0.05) is 11.6 Å². The lowest BCUT2D eigenvalue weighted by Gasteiger charge is -2.43. The first-order valence-electron chi connectivity index (χ1n) is 11.6. The molecular formula is C23H27ClN8O3S. The number of rotatable bonds is 4. The molecule has 1 aromatic carbocycles. The van der Waals surface area contributed by atoms with E-state index < -0.39 is 10.0 Å². The third-order valence-corrected chi connectivity index (χ3v) is 8.50. The summed E-state index contributed by atoms with van der Waals surface area (Å²) < 4.78 is 33.4. The quantitative estimate of drug-likeness (QED) is 0.536. The molecule has 5 rings (SSSR count). The van der Waals surface area contributed by atoms with Crippen molar-refractivity contribution in [3.05, 3.63) is 39.8 Å². The van der Waals surface area contributed by atoms with Gasteiger partial charge in [-0.2, -0.15) is 14.7 Å². The minimum Gasteiger partial charge on any atom is -0.489 e. The third-order valence-electron chi connectivity index (χ3n) is 6.97. The zero-order chi connectivity index (χ0) is 25.9. The molecule has 190 valence electrons. The van der Waals surface area contributed by atoms with Crippen LogP contribution in [0.15, 0.2) is 12.4 Å². The highest BCUT2D eigenvalue weighted by atomic mass is 35.5. The number of sulfonamides is 1. The van der Waals surface area contributed by atoms with Crippen LogP contribution >= 0.6 is 11.6 Å². The first-order chi connectivity index (χ1) is 17.0.